The van der Waals surface area contributed by atoms with E-state index in [9.17, 15) is 18.0 Å². The van der Waals surface area contributed by atoms with Gasteiger partial charge in [0.2, 0.25) is 11.8 Å². The predicted octanol–water partition coefficient (Wildman–Crippen LogP) is 5.28. The van der Waals surface area contributed by atoms with Crippen LogP contribution in [0.3, 0.4) is 0 Å². The largest absolute Gasteiger partial charge is 0.497 e. The number of hydrogen-bond donors (Lipinski definition) is 1. The third-order valence-corrected chi connectivity index (χ3v) is 9.24. The fourth-order valence-electron chi connectivity index (χ4n) is 4.95. The van der Waals surface area contributed by atoms with Crippen molar-refractivity contribution in [2.75, 3.05) is 24.5 Å². The second-order valence-electron chi connectivity index (χ2n) is 10.6. The van der Waals surface area contributed by atoms with Crippen molar-refractivity contribution in [1.29, 1.82) is 0 Å². The van der Waals surface area contributed by atoms with Gasteiger partial charge in [0.1, 0.15) is 18.3 Å². The van der Waals surface area contributed by atoms with E-state index in [1.165, 1.54) is 24.1 Å². The lowest BCUT2D eigenvalue weighted by Crippen LogP contribution is -2.53. The van der Waals surface area contributed by atoms with Gasteiger partial charge >= 0.3 is 0 Å². The first-order valence-electron chi connectivity index (χ1n) is 14.5. The molecule has 0 aliphatic rings. The Kier molecular flexibility index (Phi) is 10.8. The van der Waals surface area contributed by atoms with Gasteiger partial charge in [0.25, 0.3) is 10.0 Å². The molecule has 4 aromatic carbocycles. The summed E-state index contributed by atoms with van der Waals surface area (Å²) in [4.78, 5) is 29.6. The van der Waals surface area contributed by atoms with Crippen LogP contribution in [0.4, 0.5) is 5.69 Å². The molecule has 0 radical (unpaired) electrons. The molecule has 1 N–H and O–H groups in total. The zero-order chi connectivity index (χ0) is 31.7. The van der Waals surface area contributed by atoms with Crippen LogP contribution in [0.25, 0.3) is 0 Å². The maximum absolute atomic E-state index is 14.5. The minimum Gasteiger partial charge on any atom is -0.497 e. The van der Waals surface area contributed by atoms with Gasteiger partial charge in [-0.25, -0.2) is 8.42 Å². The first-order chi connectivity index (χ1) is 21.1. The van der Waals surface area contributed by atoms with E-state index in [2.05, 4.69) is 5.32 Å². The zero-order valence-electron chi connectivity index (χ0n) is 25.6. The van der Waals surface area contributed by atoms with E-state index in [1.54, 1.807) is 36.4 Å². The number of amides is 2. The number of benzene rings is 4. The van der Waals surface area contributed by atoms with Gasteiger partial charge in [-0.15, -0.1) is 0 Å². The molecule has 8 nitrogen and oxygen atoms in total. The summed E-state index contributed by atoms with van der Waals surface area (Å²) in [5.41, 5.74) is 3.87. The quantitative estimate of drug-likeness (QED) is 0.221. The van der Waals surface area contributed by atoms with Crippen molar-refractivity contribution < 1.29 is 22.7 Å². The minimum atomic E-state index is -4.19. The minimum absolute atomic E-state index is 0.0498. The lowest BCUT2D eigenvalue weighted by Gasteiger charge is -2.34. The van der Waals surface area contributed by atoms with Crippen molar-refractivity contribution in [3.63, 3.8) is 0 Å². The second kappa shape index (κ2) is 14.7. The first kappa shape index (κ1) is 32.3. The van der Waals surface area contributed by atoms with Crippen LogP contribution in [0.5, 0.6) is 5.75 Å². The molecule has 2 amide bonds. The summed E-state index contributed by atoms with van der Waals surface area (Å²) in [6.07, 6.45) is 0.258. The van der Waals surface area contributed by atoms with E-state index < -0.39 is 28.5 Å². The number of aryl methyl sites for hydroxylation is 2. The first-order valence-corrected chi connectivity index (χ1v) is 16.0. The standard InChI is InChI=1S/C35H39N3O5S/c1-5-36-35(40)33(22-28-13-7-6-8-14-28)37(24-29-15-10-9-12-27(29)3)34(39)25-38(30-16-11-17-31(23-30)43-4)44(41,42)32-20-18-26(2)19-21-32/h6-21,23,33H,5,22,24-25H2,1-4H3,(H,36,40). The van der Waals surface area contributed by atoms with E-state index in [0.29, 0.717) is 12.3 Å². The Morgan fingerprint density at radius 2 is 1.55 bits per heavy atom. The summed E-state index contributed by atoms with van der Waals surface area (Å²) < 4.78 is 34.8. The summed E-state index contributed by atoms with van der Waals surface area (Å²) in [6.45, 7) is 5.62. The Labute approximate surface area is 260 Å². The molecule has 0 saturated carbocycles. The third-order valence-electron chi connectivity index (χ3n) is 7.45. The molecule has 4 rings (SSSR count). The average Bonchev–Trinajstić information content (AvgIpc) is 3.03. The van der Waals surface area contributed by atoms with Crippen molar-refractivity contribution in [1.82, 2.24) is 10.2 Å². The third kappa shape index (κ3) is 7.85. The van der Waals surface area contributed by atoms with Gasteiger partial charge in [0.05, 0.1) is 17.7 Å². The average molecular weight is 614 g/mol. The topological polar surface area (TPSA) is 96.0 Å². The van der Waals surface area contributed by atoms with Crippen LogP contribution in [-0.2, 0) is 32.6 Å². The number of methoxy groups -OCH3 is 1. The van der Waals surface area contributed by atoms with Crippen LogP contribution in [0, 0.1) is 13.8 Å². The van der Waals surface area contributed by atoms with Crippen LogP contribution in [0.2, 0.25) is 0 Å². The number of carbonyl (C=O) groups excluding carboxylic acids is 2. The number of nitrogens with zero attached hydrogens (tertiary/aromatic N) is 2. The normalized spacial score (nSPS) is 11.8. The number of hydrogen-bond acceptors (Lipinski definition) is 5. The molecule has 0 saturated heterocycles. The lowest BCUT2D eigenvalue weighted by molar-refractivity contribution is -0.140. The Bertz CT molecular complexity index is 1670. The van der Waals surface area contributed by atoms with Gasteiger partial charge in [0.15, 0.2) is 0 Å². The van der Waals surface area contributed by atoms with E-state index in [4.69, 9.17) is 4.74 Å². The fourth-order valence-corrected chi connectivity index (χ4v) is 6.35. The highest BCUT2D eigenvalue weighted by Gasteiger charge is 2.34. The molecule has 0 heterocycles. The smallest absolute Gasteiger partial charge is 0.264 e. The van der Waals surface area contributed by atoms with Crippen LogP contribution in [-0.4, -0.2) is 51.4 Å². The van der Waals surface area contributed by atoms with Crippen LogP contribution < -0.4 is 14.4 Å². The maximum Gasteiger partial charge on any atom is 0.264 e. The van der Waals surface area contributed by atoms with E-state index >= 15 is 0 Å². The van der Waals surface area contributed by atoms with Crippen molar-refractivity contribution in [2.24, 2.45) is 0 Å². The molecule has 0 fully saturated rings. The van der Waals surface area contributed by atoms with Crippen LogP contribution in [0.1, 0.15) is 29.2 Å². The van der Waals surface area contributed by atoms with E-state index in [1.807, 2.05) is 75.4 Å². The highest BCUT2D eigenvalue weighted by atomic mass is 32.2. The van der Waals surface area contributed by atoms with Crippen LogP contribution >= 0.6 is 0 Å². The molecule has 0 aliphatic carbocycles. The molecule has 0 aliphatic heterocycles. The van der Waals surface area contributed by atoms with E-state index in [-0.39, 0.29) is 29.5 Å². The second-order valence-corrected chi connectivity index (χ2v) is 12.4. The molecule has 4 aromatic rings. The van der Waals surface area contributed by atoms with Gasteiger partial charge in [-0.2, -0.15) is 0 Å². The fraction of sp³-hybridized carbons (Fsp3) is 0.257. The summed E-state index contributed by atoms with van der Waals surface area (Å²) in [6, 6.07) is 29.3. The molecule has 230 valence electrons. The van der Waals surface area contributed by atoms with Gasteiger partial charge in [-0.1, -0.05) is 78.4 Å². The predicted molar refractivity (Wildman–Crippen MR) is 173 cm³/mol. The highest BCUT2D eigenvalue weighted by molar-refractivity contribution is 7.92. The molecule has 1 atom stereocenters. The van der Waals surface area contributed by atoms with Crippen molar-refractivity contribution in [2.45, 2.75) is 44.7 Å². The summed E-state index contributed by atoms with van der Waals surface area (Å²) in [5, 5.41) is 2.88. The van der Waals surface area contributed by atoms with Crippen molar-refractivity contribution >= 4 is 27.5 Å². The Hall–Kier alpha value is -4.63. The lowest BCUT2D eigenvalue weighted by atomic mass is 10.0. The van der Waals surface area contributed by atoms with Crippen molar-refractivity contribution in [3.8, 4) is 5.75 Å². The van der Waals surface area contributed by atoms with Gasteiger partial charge in [-0.3, -0.25) is 13.9 Å². The maximum atomic E-state index is 14.5. The Morgan fingerprint density at radius 3 is 2.20 bits per heavy atom. The number of likely N-dealkylation sites (N-methyl/N-ethyl adjacent to an activating group) is 1. The Balaban J connectivity index is 1.82. The number of anilines is 1. The Morgan fingerprint density at radius 1 is 0.864 bits per heavy atom. The molecular formula is C35H39N3O5S. The van der Waals surface area contributed by atoms with Gasteiger partial charge < -0.3 is 15.0 Å². The number of ether oxygens (including phenoxy) is 1. The van der Waals surface area contributed by atoms with Gasteiger partial charge in [0, 0.05) is 25.6 Å². The summed E-state index contributed by atoms with van der Waals surface area (Å²) in [5.74, 6) is -0.383. The molecule has 9 heteroatoms. The number of sulfonamides is 1. The van der Waals surface area contributed by atoms with E-state index in [0.717, 1.165) is 26.6 Å². The molecule has 0 spiro atoms. The van der Waals surface area contributed by atoms with Crippen molar-refractivity contribution in [3.05, 3.63) is 125 Å². The number of rotatable bonds is 13. The highest BCUT2D eigenvalue weighted by Crippen LogP contribution is 2.28. The molecule has 0 aromatic heterocycles. The number of carbonyl (C=O) groups is 2. The summed E-state index contributed by atoms with van der Waals surface area (Å²) >= 11 is 0. The van der Waals surface area contributed by atoms with Gasteiger partial charge in [-0.05, 0) is 61.7 Å². The summed E-state index contributed by atoms with van der Waals surface area (Å²) in [7, 11) is -2.70. The molecule has 0 bridgehead atoms. The zero-order valence-corrected chi connectivity index (χ0v) is 26.4. The number of nitrogens with one attached hydrogen (secondary N) is 1. The monoisotopic (exact) mass is 613 g/mol. The molecular weight excluding hydrogens is 574 g/mol. The molecule has 44 heavy (non-hydrogen) atoms. The molecule has 1 unspecified atom stereocenters. The SMILES string of the molecule is CCNC(=O)C(Cc1ccccc1)N(Cc1ccccc1C)C(=O)CN(c1cccc(OC)c1)S(=O)(=O)c1ccc(C)cc1. The van der Waals surface area contributed by atoms with Crippen LogP contribution in [0.15, 0.2) is 108 Å².